The van der Waals surface area contributed by atoms with Crippen molar-refractivity contribution >= 4 is 28.5 Å². The maximum atomic E-state index is 12.8. The number of amides is 1. The molecule has 2 heterocycles. The second-order valence-electron chi connectivity index (χ2n) is 7.81. The summed E-state index contributed by atoms with van der Waals surface area (Å²) in [5.41, 5.74) is 1.21. The number of esters is 1. The minimum atomic E-state index is -0.561. The first-order valence-electron chi connectivity index (χ1n) is 9.74. The number of fused-ring (bicyclic) bond motifs is 1. The zero-order chi connectivity index (χ0) is 21.1. The van der Waals surface area contributed by atoms with E-state index in [2.05, 4.69) is 29.0 Å². The predicted octanol–water partition coefficient (Wildman–Crippen LogP) is 2.89. The second kappa shape index (κ2) is 8.73. The molecule has 2 aromatic rings. The molecular formula is C21H29N3O5. The van der Waals surface area contributed by atoms with E-state index in [1.807, 2.05) is 0 Å². The maximum absolute atomic E-state index is 12.8. The molecule has 1 saturated heterocycles. The highest BCUT2D eigenvalue weighted by atomic mass is 16.5. The molecule has 1 aromatic carbocycles. The van der Waals surface area contributed by atoms with Gasteiger partial charge in [0, 0.05) is 24.5 Å². The molecule has 0 radical (unpaired) electrons. The van der Waals surface area contributed by atoms with Crippen LogP contribution in [0.3, 0.4) is 0 Å². The third-order valence-corrected chi connectivity index (χ3v) is 5.27. The lowest BCUT2D eigenvalue weighted by Crippen LogP contribution is -2.42. The molecule has 158 valence electrons. The lowest BCUT2D eigenvalue weighted by molar-refractivity contribution is -0.117. The Morgan fingerprint density at radius 1 is 1.10 bits per heavy atom. The zero-order valence-electron chi connectivity index (χ0n) is 17.6. The Kier molecular flexibility index (Phi) is 6.32. The number of nitrogens with one attached hydrogen (secondary N) is 2. The average Bonchev–Trinajstić information content (AvgIpc) is 3.02. The molecule has 0 bridgehead atoms. The first-order valence-corrected chi connectivity index (χ1v) is 9.74. The van der Waals surface area contributed by atoms with Crippen LogP contribution in [0.25, 0.3) is 10.9 Å². The number of nitrogens with zero attached hydrogens (tertiary/aromatic N) is 1. The summed E-state index contributed by atoms with van der Waals surface area (Å²) < 4.78 is 15.6. The Labute approximate surface area is 170 Å². The standard InChI is InChI=1S/C21H29N3O5/c1-12-6-13(2)10-24(9-12)11-18(25)23-19-14-7-16(27-3)17(28-4)8-15(14)22-20(19)21(26)29-5/h7-8,12-13,22H,6,9-11H2,1-5H3,(H,23,25)/t12-,13-/m0/s1. The molecule has 1 aliphatic heterocycles. The lowest BCUT2D eigenvalue weighted by atomic mass is 9.92. The van der Waals surface area contributed by atoms with Gasteiger partial charge in [0.2, 0.25) is 5.91 Å². The number of anilines is 1. The summed E-state index contributed by atoms with van der Waals surface area (Å²) in [5, 5.41) is 3.56. The molecule has 2 atom stereocenters. The minimum absolute atomic E-state index is 0.174. The van der Waals surface area contributed by atoms with Crippen molar-refractivity contribution < 1.29 is 23.8 Å². The summed E-state index contributed by atoms with van der Waals surface area (Å²) in [6.45, 7) is 6.46. The van der Waals surface area contributed by atoms with E-state index in [9.17, 15) is 9.59 Å². The van der Waals surface area contributed by atoms with Gasteiger partial charge in [-0.25, -0.2) is 4.79 Å². The van der Waals surface area contributed by atoms with Gasteiger partial charge in [-0.1, -0.05) is 13.8 Å². The summed E-state index contributed by atoms with van der Waals surface area (Å²) in [6.07, 6.45) is 1.18. The molecule has 8 nitrogen and oxygen atoms in total. The largest absolute Gasteiger partial charge is 0.493 e. The quantitative estimate of drug-likeness (QED) is 0.721. The molecule has 1 aliphatic rings. The highest BCUT2D eigenvalue weighted by Gasteiger charge is 2.26. The number of aromatic nitrogens is 1. The molecule has 0 spiro atoms. The molecule has 1 fully saturated rings. The van der Waals surface area contributed by atoms with Crippen molar-refractivity contribution in [3.63, 3.8) is 0 Å². The molecule has 1 aromatic heterocycles. The van der Waals surface area contributed by atoms with E-state index in [-0.39, 0.29) is 18.1 Å². The summed E-state index contributed by atoms with van der Waals surface area (Å²) >= 11 is 0. The number of hydrogen-bond donors (Lipinski definition) is 2. The van der Waals surface area contributed by atoms with E-state index < -0.39 is 5.97 Å². The number of benzene rings is 1. The van der Waals surface area contributed by atoms with Crippen molar-refractivity contribution in [3.8, 4) is 11.5 Å². The zero-order valence-corrected chi connectivity index (χ0v) is 17.6. The van der Waals surface area contributed by atoms with Crippen LogP contribution in [-0.2, 0) is 9.53 Å². The number of hydrogen-bond acceptors (Lipinski definition) is 6. The highest BCUT2D eigenvalue weighted by Crippen LogP contribution is 2.37. The minimum Gasteiger partial charge on any atom is -0.493 e. The van der Waals surface area contributed by atoms with Gasteiger partial charge >= 0.3 is 5.97 Å². The van der Waals surface area contributed by atoms with Crippen LogP contribution < -0.4 is 14.8 Å². The van der Waals surface area contributed by atoms with Gasteiger partial charge in [-0.05, 0) is 24.3 Å². The molecule has 0 saturated carbocycles. The van der Waals surface area contributed by atoms with E-state index in [0.29, 0.717) is 39.9 Å². The molecule has 1 amide bonds. The SMILES string of the molecule is COC(=O)c1[nH]c2cc(OC)c(OC)cc2c1NC(=O)CN1C[C@@H](C)C[C@H](C)C1. The molecular weight excluding hydrogens is 374 g/mol. The fraction of sp³-hybridized carbons (Fsp3) is 0.524. The number of methoxy groups -OCH3 is 3. The Balaban J connectivity index is 1.91. The van der Waals surface area contributed by atoms with Gasteiger partial charge in [0.25, 0.3) is 0 Å². The van der Waals surface area contributed by atoms with Gasteiger partial charge in [0.1, 0.15) is 5.69 Å². The van der Waals surface area contributed by atoms with Crippen LogP contribution in [0.5, 0.6) is 11.5 Å². The number of ether oxygens (including phenoxy) is 3. The van der Waals surface area contributed by atoms with Gasteiger partial charge in [-0.3, -0.25) is 9.69 Å². The monoisotopic (exact) mass is 403 g/mol. The number of likely N-dealkylation sites (tertiary alicyclic amines) is 1. The number of rotatable bonds is 6. The molecule has 2 N–H and O–H groups in total. The molecule has 0 unspecified atom stereocenters. The van der Waals surface area contributed by atoms with Crippen LogP contribution in [0, 0.1) is 11.8 Å². The highest BCUT2D eigenvalue weighted by molar-refractivity contribution is 6.11. The smallest absolute Gasteiger partial charge is 0.356 e. The Hall–Kier alpha value is -2.74. The van der Waals surface area contributed by atoms with Crippen LogP contribution in [0.15, 0.2) is 12.1 Å². The normalized spacial score (nSPS) is 19.8. The van der Waals surface area contributed by atoms with Crippen LogP contribution in [0.2, 0.25) is 0 Å². The van der Waals surface area contributed by atoms with Gasteiger partial charge in [-0.15, -0.1) is 0 Å². The Bertz CT molecular complexity index is 897. The number of piperidine rings is 1. The van der Waals surface area contributed by atoms with E-state index in [1.54, 1.807) is 12.1 Å². The predicted molar refractivity (Wildman–Crippen MR) is 111 cm³/mol. The third-order valence-electron chi connectivity index (χ3n) is 5.27. The lowest BCUT2D eigenvalue weighted by Gasteiger charge is -2.34. The van der Waals surface area contributed by atoms with Crippen LogP contribution >= 0.6 is 0 Å². The van der Waals surface area contributed by atoms with Gasteiger partial charge in [0.05, 0.1) is 39.1 Å². The maximum Gasteiger partial charge on any atom is 0.356 e. The van der Waals surface area contributed by atoms with Crippen LogP contribution in [0.1, 0.15) is 30.8 Å². The van der Waals surface area contributed by atoms with Crippen molar-refractivity contribution in [1.82, 2.24) is 9.88 Å². The van der Waals surface area contributed by atoms with Crippen molar-refractivity contribution in [2.24, 2.45) is 11.8 Å². The topological polar surface area (TPSA) is 92.9 Å². The van der Waals surface area contributed by atoms with Crippen molar-refractivity contribution in [2.75, 3.05) is 46.3 Å². The van der Waals surface area contributed by atoms with E-state index >= 15 is 0 Å². The van der Waals surface area contributed by atoms with Crippen LogP contribution in [0.4, 0.5) is 5.69 Å². The number of H-pyrrole nitrogens is 1. The number of aromatic amines is 1. The fourth-order valence-corrected chi connectivity index (χ4v) is 4.21. The van der Waals surface area contributed by atoms with Crippen molar-refractivity contribution in [2.45, 2.75) is 20.3 Å². The van der Waals surface area contributed by atoms with E-state index in [0.717, 1.165) is 13.1 Å². The number of carbonyl (C=O) groups excluding carboxylic acids is 2. The second-order valence-corrected chi connectivity index (χ2v) is 7.81. The van der Waals surface area contributed by atoms with Crippen molar-refractivity contribution in [1.29, 1.82) is 0 Å². The number of carbonyl (C=O) groups is 2. The first-order chi connectivity index (χ1) is 13.9. The summed E-state index contributed by atoms with van der Waals surface area (Å²) in [5.74, 6) is 1.40. The van der Waals surface area contributed by atoms with Crippen LogP contribution in [-0.4, -0.2) is 62.7 Å². The van der Waals surface area contributed by atoms with E-state index in [1.165, 1.54) is 27.8 Å². The average molecular weight is 403 g/mol. The molecule has 3 rings (SSSR count). The Morgan fingerprint density at radius 3 is 2.31 bits per heavy atom. The van der Waals surface area contributed by atoms with Gasteiger partial charge in [0.15, 0.2) is 11.5 Å². The van der Waals surface area contributed by atoms with Crippen molar-refractivity contribution in [3.05, 3.63) is 17.8 Å². The summed E-state index contributed by atoms with van der Waals surface area (Å²) in [4.78, 5) is 30.3. The summed E-state index contributed by atoms with van der Waals surface area (Å²) in [7, 11) is 4.38. The molecule has 29 heavy (non-hydrogen) atoms. The Morgan fingerprint density at radius 2 is 1.72 bits per heavy atom. The fourth-order valence-electron chi connectivity index (χ4n) is 4.21. The third kappa shape index (κ3) is 4.48. The first kappa shape index (κ1) is 21.0. The molecule has 8 heteroatoms. The summed E-state index contributed by atoms with van der Waals surface area (Å²) in [6, 6.07) is 3.46. The molecule has 0 aliphatic carbocycles. The van der Waals surface area contributed by atoms with E-state index in [4.69, 9.17) is 14.2 Å². The van der Waals surface area contributed by atoms with Gasteiger partial charge < -0.3 is 24.5 Å². The van der Waals surface area contributed by atoms with Gasteiger partial charge in [-0.2, -0.15) is 0 Å².